The molecule has 4 aromatic rings. The summed E-state index contributed by atoms with van der Waals surface area (Å²) in [7, 11) is 0. The normalized spacial score (nSPS) is 18.2. The number of anilines is 1. The Morgan fingerprint density at radius 2 is 1.76 bits per heavy atom. The highest BCUT2D eigenvalue weighted by molar-refractivity contribution is 8.00. The van der Waals surface area contributed by atoms with Crippen molar-refractivity contribution in [1.29, 1.82) is 0 Å². The molecular formula is C30H31FN4OS. The largest absolute Gasteiger partial charge is 0.331 e. The first-order valence-corrected chi connectivity index (χ1v) is 13.4. The average molecular weight is 515 g/mol. The van der Waals surface area contributed by atoms with Gasteiger partial charge in [0.05, 0.1) is 10.4 Å². The second-order valence-corrected chi connectivity index (χ2v) is 10.6. The molecule has 1 aromatic heterocycles. The number of carbonyl (C=O) groups excluding carboxylic acids is 1. The zero-order chi connectivity index (χ0) is 25.9. The zero-order valence-electron chi connectivity index (χ0n) is 21.3. The molecule has 2 atom stereocenters. The van der Waals surface area contributed by atoms with Gasteiger partial charge in [0.2, 0.25) is 0 Å². The number of amides is 1. The van der Waals surface area contributed by atoms with Crippen molar-refractivity contribution in [3.05, 3.63) is 102 Å². The van der Waals surface area contributed by atoms with Gasteiger partial charge in [-0.1, -0.05) is 30.3 Å². The minimum atomic E-state index is -0.169. The Morgan fingerprint density at radius 3 is 2.49 bits per heavy atom. The number of para-hydroxylation sites is 1. The number of hydrogen-bond acceptors (Lipinski definition) is 5. The lowest BCUT2D eigenvalue weighted by Crippen LogP contribution is -2.58. The van der Waals surface area contributed by atoms with Crippen molar-refractivity contribution in [2.24, 2.45) is 0 Å². The number of piperazine rings is 1. The van der Waals surface area contributed by atoms with Gasteiger partial charge in [-0.3, -0.25) is 14.7 Å². The predicted octanol–water partition coefficient (Wildman–Crippen LogP) is 6.54. The standard InChI is InChI=1S/C30H31FN4OS/c1-20-9-10-23(16-27(20)31)19-34-17-21(2)35(22(3)18-34)30(36)25-11-13-26(14-12-25)33-37-28-8-4-6-24-7-5-15-32-29(24)28/h4-16,21-22,33H,17-19H2,1-3H3. The highest BCUT2D eigenvalue weighted by Gasteiger charge is 2.33. The van der Waals surface area contributed by atoms with E-state index in [0.29, 0.717) is 17.7 Å². The van der Waals surface area contributed by atoms with Gasteiger partial charge in [-0.05, 0) is 86.3 Å². The second-order valence-electron chi connectivity index (χ2n) is 9.80. The number of aryl methyl sites for hydroxylation is 1. The quantitative estimate of drug-likeness (QED) is 0.296. The van der Waals surface area contributed by atoms with Gasteiger partial charge in [0.15, 0.2) is 0 Å². The molecule has 7 heteroatoms. The first-order valence-electron chi connectivity index (χ1n) is 12.6. The summed E-state index contributed by atoms with van der Waals surface area (Å²) >= 11 is 1.51. The molecule has 5 rings (SSSR count). The van der Waals surface area contributed by atoms with Crippen molar-refractivity contribution in [2.45, 2.75) is 44.3 Å². The van der Waals surface area contributed by atoms with Gasteiger partial charge in [-0.25, -0.2) is 4.39 Å². The van der Waals surface area contributed by atoms with Crippen molar-refractivity contribution in [1.82, 2.24) is 14.8 Å². The highest BCUT2D eigenvalue weighted by Crippen LogP contribution is 2.28. The number of nitrogens with zero attached hydrogens (tertiary/aromatic N) is 3. The molecule has 0 saturated carbocycles. The van der Waals surface area contributed by atoms with E-state index in [1.807, 2.05) is 59.5 Å². The summed E-state index contributed by atoms with van der Waals surface area (Å²) < 4.78 is 17.4. The third-order valence-electron chi connectivity index (χ3n) is 6.88. The van der Waals surface area contributed by atoms with Crippen molar-refractivity contribution >= 4 is 34.4 Å². The molecular weight excluding hydrogens is 483 g/mol. The van der Waals surface area contributed by atoms with Crippen LogP contribution in [0.4, 0.5) is 10.1 Å². The summed E-state index contributed by atoms with van der Waals surface area (Å²) in [5.74, 6) is -0.129. The number of fused-ring (bicyclic) bond motifs is 1. The number of halogens is 1. The predicted molar refractivity (Wildman–Crippen MR) is 149 cm³/mol. The Hall–Kier alpha value is -3.42. The van der Waals surface area contributed by atoms with Gasteiger partial charge in [0.25, 0.3) is 5.91 Å². The molecule has 1 fully saturated rings. The molecule has 2 unspecified atom stereocenters. The maximum atomic E-state index is 14.0. The van der Waals surface area contributed by atoms with E-state index in [2.05, 4.69) is 40.6 Å². The number of hydrogen-bond donors (Lipinski definition) is 1. The Bertz CT molecular complexity index is 1390. The Kier molecular flexibility index (Phi) is 7.44. The molecule has 37 heavy (non-hydrogen) atoms. The lowest BCUT2D eigenvalue weighted by molar-refractivity contribution is 0.0268. The first-order chi connectivity index (χ1) is 17.9. The lowest BCUT2D eigenvalue weighted by atomic mass is 10.0. The van der Waals surface area contributed by atoms with Crippen LogP contribution in [0, 0.1) is 12.7 Å². The Balaban J connectivity index is 1.21. The number of aromatic nitrogens is 1. The van der Waals surface area contributed by atoms with Crippen LogP contribution in [-0.4, -0.2) is 45.9 Å². The third kappa shape index (κ3) is 5.63. The van der Waals surface area contributed by atoms with Crippen LogP contribution in [-0.2, 0) is 6.54 Å². The molecule has 0 spiro atoms. The number of carbonyl (C=O) groups is 1. The van der Waals surface area contributed by atoms with E-state index in [1.165, 1.54) is 11.9 Å². The van der Waals surface area contributed by atoms with Gasteiger partial charge in [-0.15, -0.1) is 0 Å². The molecule has 0 bridgehead atoms. The number of rotatable bonds is 6. The van der Waals surface area contributed by atoms with Crippen molar-refractivity contribution in [2.75, 3.05) is 17.8 Å². The van der Waals surface area contributed by atoms with Gasteiger partial charge in [-0.2, -0.15) is 0 Å². The average Bonchev–Trinajstić information content (AvgIpc) is 2.89. The zero-order valence-corrected chi connectivity index (χ0v) is 22.1. The molecule has 1 saturated heterocycles. The monoisotopic (exact) mass is 514 g/mol. The summed E-state index contributed by atoms with van der Waals surface area (Å²) in [6.45, 7) is 8.12. The fourth-order valence-electron chi connectivity index (χ4n) is 5.06. The molecule has 0 aliphatic carbocycles. The Morgan fingerprint density at radius 1 is 1.03 bits per heavy atom. The van der Waals surface area contributed by atoms with Gasteiger partial charge < -0.3 is 9.62 Å². The third-order valence-corrected chi connectivity index (χ3v) is 7.77. The summed E-state index contributed by atoms with van der Waals surface area (Å²) in [6, 6.07) is 23.3. The van der Waals surface area contributed by atoms with Crippen molar-refractivity contribution < 1.29 is 9.18 Å². The van der Waals surface area contributed by atoms with Crippen LogP contribution >= 0.6 is 11.9 Å². The molecule has 2 heterocycles. The van der Waals surface area contributed by atoms with E-state index in [-0.39, 0.29) is 23.8 Å². The van der Waals surface area contributed by atoms with E-state index < -0.39 is 0 Å². The number of nitrogens with one attached hydrogen (secondary N) is 1. The Labute approximate surface area is 221 Å². The van der Waals surface area contributed by atoms with Crippen LogP contribution in [0.5, 0.6) is 0 Å². The van der Waals surface area contributed by atoms with Crippen LogP contribution in [0.15, 0.2) is 83.9 Å². The molecule has 1 amide bonds. The number of benzene rings is 3. The summed E-state index contributed by atoms with van der Waals surface area (Å²) in [5.41, 5.74) is 4.18. The summed E-state index contributed by atoms with van der Waals surface area (Å²) in [5, 5.41) is 1.10. The molecule has 1 aliphatic heterocycles. The maximum absolute atomic E-state index is 14.0. The van der Waals surface area contributed by atoms with Crippen LogP contribution in [0.3, 0.4) is 0 Å². The van der Waals surface area contributed by atoms with E-state index in [1.54, 1.807) is 19.2 Å². The van der Waals surface area contributed by atoms with E-state index in [9.17, 15) is 9.18 Å². The topological polar surface area (TPSA) is 48.5 Å². The lowest BCUT2D eigenvalue weighted by Gasteiger charge is -2.44. The van der Waals surface area contributed by atoms with Crippen molar-refractivity contribution in [3.63, 3.8) is 0 Å². The summed E-state index contributed by atoms with van der Waals surface area (Å²) in [6.07, 6.45) is 1.80. The van der Waals surface area contributed by atoms with Gasteiger partial charge >= 0.3 is 0 Å². The maximum Gasteiger partial charge on any atom is 0.254 e. The first kappa shape index (κ1) is 25.2. The smallest absolute Gasteiger partial charge is 0.254 e. The van der Waals surface area contributed by atoms with Gasteiger partial charge in [0.1, 0.15) is 5.82 Å². The number of pyridine rings is 1. The molecule has 3 aromatic carbocycles. The fraction of sp³-hybridized carbons (Fsp3) is 0.267. The minimum Gasteiger partial charge on any atom is -0.331 e. The molecule has 190 valence electrons. The van der Waals surface area contributed by atoms with Crippen LogP contribution in [0.2, 0.25) is 0 Å². The van der Waals surface area contributed by atoms with Gasteiger partial charge in [0, 0.05) is 54.6 Å². The van der Waals surface area contributed by atoms with Crippen LogP contribution < -0.4 is 4.72 Å². The molecule has 1 aliphatic rings. The minimum absolute atomic E-state index is 0.0403. The van der Waals surface area contributed by atoms with E-state index in [0.717, 1.165) is 40.1 Å². The molecule has 1 N–H and O–H groups in total. The van der Waals surface area contributed by atoms with E-state index >= 15 is 0 Å². The van der Waals surface area contributed by atoms with Crippen LogP contribution in [0.1, 0.15) is 35.3 Å². The molecule has 0 radical (unpaired) electrons. The highest BCUT2D eigenvalue weighted by atomic mass is 32.2. The van der Waals surface area contributed by atoms with E-state index in [4.69, 9.17) is 0 Å². The summed E-state index contributed by atoms with van der Waals surface area (Å²) in [4.78, 5) is 23.3. The fourth-order valence-corrected chi connectivity index (χ4v) is 5.83. The SMILES string of the molecule is Cc1ccc(CN2CC(C)N(C(=O)c3ccc(NSc4cccc5cccnc45)cc3)C(C)C2)cc1F. The van der Waals surface area contributed by atoms with Crippen LogP contribution in [0.25, 0.3) is 10.9 Å². The second kappa shape index (κ2) is 10.9. The van der Waals surface area contributed by atoms with Crippen molar-refractivity contribution in [3.8, 4) is 0 Å². The molecule has 5 nitrogen and oxygen atoms in total.